The third-order valence-corrected chi connectivity index (χ3v) is 31.3. The lowest BCUT2D eigenvalue weighted by Crippen LogP contribution is -2.63. The quantitative estimate of drug-likeness (QED) is 0.0749. The first-order valence-corrected chi connectivity index (χ1v) is 38.6. The summed E-state index contributed by atoms with van der Waals surface area (Å²) in [5, 5.41) is 13.3. The molecule has 0 radical (unpaired) electrons. The Morgan fingerprint density at radius 2 is 0.859 bits per heavy atom. The average molecular weight is 1160 g/mol. The van der Waals surface area contributed by atoms with Gasteiger partial charge in [-0.05, 0) is 148 Å². The highest BCUT2D eigenvalue weighted by molar-refractivity contribution is 7.26. The number of fused-ring (bicyclic) bond motifs is 16. The SMILES string of the molecule is C[Si](C)(C)C1([Si](C)(C)C)c2cc(-c3cccc(C(c4ccccc4)c4cccc5c4sc4ccccc45)c3)c3ccccc3c2-c2c1c1ccc(-c3cccc(N(c4ccccc4)c4cccc5c4sc4ccccc45)c3)cc1c1ccccc21. The Morgan fingerprint density at radius 1 is 0.341 bits per heavy atom. The summed E-state index contributed by atoms with van der Waals surface area (Å²) in [6.45, 7) is 16.1. The third kappa shape index (κ3) is 7.90. The van der Waals surface area contributed by atoms with Crippen LogP contribution in [-0.2, 0) is 4.66 Å². The van der Waals surface area contributed by atoms with E-state index in [1.165, 1.54) is 128 Å². The maximum absolute atomic E-state index is 2.72. The fourth-order valence-corrected chi connectivity index (χ4v) is 31.3. The summed E-state index contributed by atoms with van der Waals surface area (Å²) in [7, 11) is -4.44. The number of thiophene rings is 2. The molecular weight excluding hydrogens is 1100 g/mol. The largest absolute Gasteiger partial charge is 0.309 e. The molecule has 0 N–H and O–H groups in total. The summed E-state index contributed by atoms with van der Waals surface area (Å²) in [5.74, 6) is 0.0425. The maximum Gasteiger partial charge on any atom is 0.0640 e. The molecule has 1 nitrogen and oxygen atoms in total. The summed E-state index contributed by atoms with van der Waals surface area (Å²) < 4.78 is 5.14. The lowest BCUT2D eigenvalue weighted by molar-refractivity contribution is 0.964. The van der Waals surface area contributed by atoms with Gasteiger partial charge >= 0.3 is 0 Å². The molecule has 1 unspecified atom stereocenters. The molecule has 408 valence electrons. The number of hydrogen-bond donors (Lipinski definition) is 0. The first-order valence-electron chi connectivity index (χ1n) is 29.9. The van der Waals surface area contributed by atoms with Crippen LogP contribution in [0.5, 0.6) is 0 Å². The van der Waals surface area contributed by atoms with E-state index in [0.717, 1.165) is 11.4 Å². The Labute approximate surface area is 507 Å². The van der Waals surface area contributed by atoms with Crippen molar-refractivity contribution in [3.05, 3.63) is 295 Å². The molecule has 1 atom stereocenters. The van der Waals surface area contributed by atoms with Gasteiger partial charge in [0.1, 0.15) is 0 Å². The summed E-state index contributed by atoms with van der Waals surface area (Å²) in [5.41, 5.74) is 18.4. The monoisotopic (exact) mass is 1160 g/mol. The van der Waals surface area contributed by atoms with Gasteiger partial charge in [-0.3, -0.25) is 0 Å². The highest BCUT2D eigenvalue weighted by Gasteiger charge is 2.60. The number of anilines is 3. The van der Waals surface area contributed by atoms with Crippen molar-refractivity contribution in [1.82, 2.24) is 0 Å². The van der Waals surface area contributed by atoms with E-state index >= 15 is 0 Å². The summed E-state index contributed by atoms with van der Waals surface area (Å²) in [4.78, 5) is 2.46. The molecule has 2 aromatic heterocycles. The highest BCUT2D eigenvalue weighted by Crippen LogP contribution is 2.64. The van der Waals surface area contributed by atoms with Crippen LogP contribution in [0.4, 0.5) is 17.1 Å². The van der Waals surface area contributed by atoms with Gasteiger partial charge in [0.25, 0.3) is 0 Å². The molecule has 2 heterocycles. The van der Waals surface area contributed by atoms with Crippen LogP contribution < -0.4 is 4.90 Å². The van der Waals surface area contributed by atoms with Gasteiger partial charge in [-0.25, -0.2) is 0 Å². The van der Waals surface area contributed by atoms with Gasteiger partial charge in [-0.15, -0.1) is 22.7 Å². The molecule has 0 saturated heterocycles. The Morgan fingerprint density at radius 3 is 1.56 bits per heavy atom. The smallest absolute Gasteiger partial charge is 0.0640 e. The minimum Gasteiger partial charge on any atom is -0.309 e. The van der Waals surface area contributed by atoms with Gasteiger partial charge in [-0.2, -0.15) is 0 Å². The molecule has 5 heteroatoms. The predicted molar refractivity (Wildman–Crippen MR) is 377 cm³/mol. The Bertz CT molecular complexity index is 5160. The molecule has 1 aliphatic rings. The second kappa shape index (κ2) is 19.7. The second-order valence-corrected chi connectivity index (χ2v) is 38.6. The Kier molecular flexibility index (Phi) is 12.0. The molecule has 0 fully saturated rings. The molecule has 0 spiro atoms. The van der Waals surface area contributed by atoms with E-state index < -0.39 is 16.1 Å². The van der Waals surface area contributed by atoms with Crippen LogP contribution in [0.3, 0.4) is 0 Å². The zero-order valence-electron chi connectivity index (χ0n) is 48.7. The molecule has 0 saturated carbocycles. The molecule has 1 aliphatic carbocycles. The number of para-hydroxylation sites is 1. The molecule has 0 amide bonds. The van der Waals surface area contributed by atoms with Crippen LogP contribution in [0, 0.1) is 0 Å². The van der Waals surface area contributed by atoms with Crippen molar-refractivity contribution in [2.45, 2.75) is 49.9 Å². The summed E-state index contributed by atoms with van der Waals surface area (Å²) in [6.07, 6.45) is 0. The lowest BCUT2D eigenvalue weighted by atomic mass is 9.83. The molecule has 13 aromatic carbocycles. The third-order valence-electron chi connectivity index (χ3n) is 18.8. The van der Waals surface area contributed by atoms with Crippen molar-refractivity contribution in [3.63, 3.8) is 0 Å². The van der Waals surface area contributed by atoms with E-state index in [1.54, 1.807) is 11.1 Å². The molecular formula is C80H63NS2Si2. The zero-order valence-corrected chi connectivity index (χ0v) is 52.4. The van der Waals surface area contributed by atoms with Crippen LogP contribution in [0.2, 0.25) is 39.3 Å². The maximum atomic E-state index is 2.72. The van der Waals surface area contributed by atoms with Gasteiger partial charge in [0.2, 0.25) is 0 Å². The number of nitrogens with zero attached hydrogens (tertiary/aromatic N) is 1. The molecule has 0 aliphatic heterocycles. The van der Waals surface area contributed by atoms with Crippen molar-refractivity contribution in [1.29, 1.82) is 0 Å². The Hall–Kier alpha value is -8.69. The van der Waals surface area contributed by atoms with Gasteiger partial charge in [0.05, 0.1) is 26.5 Å². The van der Waals surface area contributed by atoms with Crippen molar-refractivity contribution in [3.8, 4) is 33.4 Å². The van der Waals surface area contributed by atoms with E-state index in [9.17, 15) is 0 Å². The highest BCUT2D eigenvalue weighted by atomic mass is 32.1. The fraction of sp³-hybridized carbons (Fsp3) is 0.100. The van der Waals surface area contributed by atoms with Crippen molar-refractivity contribution in [2.24, 2.45) is 0 Å². The van der Waals surface area contributed by atoms with Crippen molar-refractivity contribution >= 4 is 129 Å². The van der Waals surface area contributed by atoms with Gasteiger partial charge in [-0.1, -0.05) is 252 Å². The average Bonchev–Trinajstić information content (AvgIpc) is 1.53. The molecule has 15 aromatic rings. The summed E-state index contributed by atoms with van der Waals surface area (Å²) >= 11 is 3.81. The lowest BCUT2D eigenvalue weighted by Gasteiger charge is -2.51. The van der Waals surface area contributed by atoms with Gasteiger partial charge < -0.3 is 4.90 Å². The van der Waals surface area contributed by atoms with Crippen LogP contribution in [0.1, 0.15) is 33.7 Å². The fourth-order valence-electron chi connectivity index (χ4n) is 15.8. The van der Waals surface area contributed by atoms with E-state index in [4.69, 9.17) is 0 Å². The van der Waals surface area contributed by atoms with E-state index in [-0.39, 0.29) is 10.6 Å². The second-order valence-electron chi connectivity index (χ2n) is 25.5. The van der Waals surface area contributed by atoms with Crippen LogP contribution in [0.15, 0.2) is 267 Å². The number of rotatable bonds is 10. The summed E-state index contributed by atoms with van der Waals surface area (Å²) in [6, 6.07) is 101. The zero-order chi connectivity index (χ0) is 57.3. The van der Waals surface area contributed by atoms with Gasteiger partial charge in [0, 0.05) is 57.6 Å². The first-order chi connectivity index (χ1) is 41.5. The van der Waals surface area contributed by atoms with E-state index in [0.29, 0.717) is 0 Å². The number of hydrogen-bond acceptors (Lipinski definition) is 3. The minimum absolute atomic E-state index is 0.0425. The van der Waals surface area contributed by atoms with Crippen LogP contribution in [0.25, 0.3) is 106 Å². The van der Waals surface area contributed by atoms with E-state index in [2.05, 4.69) is 311 Å². The minimum atomic E-state index is -2.22. The molecule has 16 rings (SSSR count). The standard InChI is InChI=1S/C80H63NS2Si2/c1-84(2,3)80(85(4,5)6)70-50-68(54-28-21-29-55(47-54)74(51-25-9-7-10-26-51)67-41-23-39-65-60-35-17-19-43-72(60)82-78(65)67)58-33-13-15-37-62(58)75(70)76-63-38-16-14-34-59(63)69-49-53(45-46-64(69)77(76)80)52-27-22-32-57(48-52)81(56-30-11-8-12-31-56)71-42-24-40-66-61-36-18-20-44-73(61)83-79(66)71/h7-50,74H,1-6H3. The molecule has 0 bridgehead atoms. The molecule has 85 heavy (non-hydrogen) atoms. The van der Waals surface area contributed by atoms with Crippen molar-refractivity contribution in [2.75, 3.05) is 4.90 Å². The topological polar surface area (TPSA) is 3.24 Å². The number of benzene rings is 13. The Balaban J connectivity index is 0.898. The predicted octanol–water partition coefficient (Wildman–Crippen LogP) is 23.9. The van der Waals surface area contributed by atoms with Crippen LogP contribution >= 0.6 is 22.7 Å². The first kappa shape index (κ1) is 51.9. The van der Waals surface area contributed by atoms with Crippen LogP contribution in [-0.4, -0.2) is 16.1 Å². The van der Waals surface area contributed by atoms with Crippen molar-refractivity contribution < 1.29 is 0 Å². The van der Waals surface area contributed by atoms with E-state index in [1.807, 2.05) is 22.7 Å². The normalized spacial score (nSPS) is 13.6. The van der Waals surface area contributed by atoms with Gasteiger partial charge in [0.15, 0.2) is 0 Å².